The van der Waals surface area contributed by atoms with Gasteiger partial charge in [0, 0.05) is 12.3 Å². The van der Waals surface area contributed by atoms with Gasteiger partial charge in [0.2, 0.25) is 10.0 Å². The molecule has 0 aliphatic heterocycles. The summed E-state index contributed by atoms with van der Waals surface area (Å²) < 4.78 is 36.2. The van der Waals surface area contributed by atoms with E-state index in [2.05, 4.69) is 0 Å². The first kappa shape index (κ1) is 18.7. The Morgan fingerprint density at radius 2 is 1.77 bits per heavy atom. The standard InChI is InChI=1S/C20H22FNO3S/c1-12-4-7-15(21)10-14(12)11-17(23)19-18(20(19,2)3)13-5-8-16(9-6-13)26(22,24)25/h4-10,18-19H,11H2,1-3H3,(H2,22,24,25)/t18-,19-/m1/s1. The fourth-order valence-electron chi connectivity index (χ4n) is 3.85. The van der Waals surface area contributed by atoms with E-state index < -0.39 is 10.0 Å². The van der Waals surface area contributed by atoms with E-state index >= 15 is 0 Å². The summed E-state index contributed by atoms with van der Waals surface area (Å²) in [5.74, 6) is -0.434. The molecule has 0 saturated heterocycles. The van der Waals surface area contributed by atoms with Crippen molar-refractivity contribution in [2.75, 3.05) is 0 Å². The molecule has 1 aliphatic rings. The number of carbonyl (C=O) groups is 1. The van der Waals surface area contributed by atoms with Crippen molar-refractivity contribution in [1.82, 2.24) is 0 Å². The molecule has 2 atom stereocenters. The maximum absolute atomic E-state index is 13.5. The highest BCUT2D eigenvalue weighted by Gasteiger charge is 2.61. The van der Waals surface area contributed by atoms with Gasteiger partial charge in [-0.05, 0) is 59.2 Å². The number of halogens is 1. The smallest absolute Gasteiger partial charge is 0.238 e. The van der Waals surface area contributed by atoms with Gasteiger partial charge in [-0.3, -0.25) is 4.79 Å². The van der Waals surface area contributed by atoms with E-state index in [0.717, 1.165) is 11.1 Å². The Morgan fingerprint density at radius 3 is 2.35 bits per heavy atom. The van der Waals surface area contributed by atoms with Crippen LogP contribution in [0.1, 0.15) is 36.5 Å². The summed E-state index contributed by atoms with van der Waals surface area (Å²) in [7, 11) is -3.74. The van der Waals surface area contributed by atoms with Crippen molar-refractivity contribution in [3.05, 3.63) is 65.0 Å². The summed E-state index contributed by atoms with van der Waals surface area (Å²) >= 11 is 0. The minimum Gasteiger partial charge on any atom is -0.299 e. The van der Waals surface area contributed by atoms with E-state index in [1.807, 2.05) is 20.8 Å². The number of aryl methyl sites for hydroxylation is 1. The van der Waals surface area contributed by atoms with Crippen LogP contribution in [-0.4, -0.2) is 14.2 Å². The molecule has 0 aromatic heterocycles. The average Bonchev–Trinajstić information content (AvgIpc) is 3.12. The minimum absolute atomic E-state index is 0.0124. The molecule has 1 aliphatic carbocycles. The Kier molecular flexibility index (Phi) is 4.53. The third kappa shape index (κ3) is 3.44. The van der Waals surface area contributed by atoms with Gasteiger partial charge in [-0.15, -0.1) is 0 Å². The first-order valence-corrected chi connectivity index (χ1v) is 9.97. The van der Waals surface area contributed by atoms with Gasteiger partial charge in [0.25, 0.3) is 0 Å². The lowest BCUT2D eigenvalue weighted by molar-refractivity contribution is -0.120. The number of benzene rings is 2. The monoisotopic (exact) mass is 375 g/mol. The van der Waals surface area contributed by atoms with E-state index in [1.165, 1.54) is 24.3 Å². The zero-order chi connectivity index (χ0) is 19.3. The molecular weight excluding hydrogens is 353 g/mol. The highest BCUT2D eigenvalue weighted by atomic mass is 32.2. The number of ketones is 1. The molecule has 4 nitrogen and oxygen atoms in total. The average molecular weight is 375 g/mol. The van der Waals surface area contributed by atoms with E-state index in [4.69, 9.17) is 5.14 Å². The van der Waals surface area contributed by atoms with Crippen molar-refractivity contribution in [3.8, 4) is 0 Å². The van der Waals surface area contributed by atoms with Crippen molar-refractivity contribution in [2.45, 2.75) is 38.0 Å². The molecule has 138 valence electrons. The van der Waals surface area contributed by atoms with Crippen LogP contribution in [0, 0.1) is 24.1 Å². The number of Topliss-reactive ketones (excluding diaryl/α,β-unsaturated/α-hetero) is 1. The Balaban J connectivity index is 1.81. The fourth-order valence-corrected chi connectivity index (χ4v) is 4.37. The summed E-state index contributed by atoms with van der Waals surface area (Å²) in [5.41, 5.74) is 2.30. The zero-order valence-corrected chi connectivity index (χ0v) is 15.8. The molecule has 0 heterocycles. The van der Waals surface area contributed by atoms with Gasteiger partial charge in [-0.2, -0.15) is 0 Å². The molecule has 0 radical (unpaired) electrons. The van der Waals surface area contributed by atoms with Crippen molar-refractivity contribution in [2.24, 2.45) is 16.5 Å². The van der Waals surface area contributed by atoms with Crippen LogP contribution in [0.4, 0.5) is 4.39 Å². The van der Waals surface area contributed by atoms with Crippen molar-refractivity contribution < 1.29 is 17.6 Å². The molecule has 3 rings (SSSR count). The molecule has 0 bridgehead atoms. The van der Waals surface area contributed by atoms with Crippen LogP contribution in [0.15, 0.2) is 47.4 Å². The number of primary sulfonamides is 1. The van der Waals surface area contributed by atoms with Crippen LogP contribution in [0.5, 0.6) is 0 Å². The molecule has 0 unspecified atom stereocenters. The molecule has 0 spiro atoms. The summed E-state index contributed by atoms with van der Waals surface area (Å²) in [6, 6.07) is 10.9. The molecule has 1 saturated carbocycles. The SMILES string of the molecule is Cc1ccc(F)cc1CC(=O)[C@@H]1[C@@H](c2ccc(S(N)(=O)=O)cc2)C1(C)C. The second kappa shape index (κ2) is 6.28. The first-order valence-electron chi connectivity index (χ1n) is 8.42. The zero-order valence-electron chi connectivity index (χ0n) is 15.0. The predicted molar refractivity (Wildman–Crippen MR) is 97.7 cm³/mol. The molecule has 26 heavy (non-hydrogen) atoms. The number of rotatable bonds is 5. The third-order valence-corrected chi connectivity index (χ3v) is 6.35. The molecule has 2 aromatic carbocycles. The number of hydrogen-bond donors (Lipinski definition) is 1. The highest BCUT2D eigenvalue weighted by Crippen LogP contribution is 2.65. The lowest BCUT2D eigenvalue weighted by atomic mass is 9.98. The van der Waals surface area contributed by atoms with Gasteiger partial charge in [0.1, 0.15) is 11.6 Å². The van der Waals surface area contributed by atoms with Gasteiger partial charge < -0.3 is 0 Å². The van der Waals surface area contributed by atoms with Crippen LogP contribution in [-0.2, 0) is 21.2 Å². The fraction of sp³-hybridized carbons (Fsp3) is 0.350. The third-order valence-electron chi connectivity index (χ3n) is 5.42. The van der Waals surface area contributed by atoms with Gasteiger partial charge in [0.15, 0.2) is 0 Å². The molecular formula is C20H22FNO3S. The number of hydrogen-bond acceptors (Lipinski definition) is 3. The molecule has 6 heteroatoms. The maximum atomic E-state index is 13.5. The normalized spacial score (nSPS) is 21.4. The Morgan fingerprint density at radius 1 is 1.15 bits per heavy atom. The molecule has 2 aromatic rings. The molecule has 0 amide bonds. The maximum Gasteiger partial charge on any atom is 0.238 e. The van der Waals surface area contributed by atoms with Gasteiger partial charge >= 0.3 is 0 Å². The summed E-state index contributed by atoms with van der Waals surface area (Å²) in [4.78, 5) is 12.9. The van der Waals surface area contributed by atoms with Crippen LogP contribution < -0.4 is 5.14 Å². The van der Waals surface area contributed by atoms with Crippen molar-refractivity contribution >= 4 is 15.8 Å². The largest absolute Gasteiger partial charge is 0.299 e. The van der Waals surface area contributed by atoms with Crippen LogP contribution >= 0.6 is 0 Å². The van der Waals surface area contributed by atoms with Gasteiger partial charge in [0.05, 0.1) is 4.90 Å². The van der Waals surface area contributed by atoms with E-state index in [-0.39, 0.29) is 40.2 Å². The van der Waals surface area contributed by atoms with Gasteiger partial charge in [-0.25, -0.2) is 17.9 Å². The summed E-state index contributed by atoms with van der Waals surface area (Å²) in [6.45, 7) is 5.90. The topological polar surface area (TPSA) is 77.2 Å². The number of carbonyl (C=O) groups excluding carboxylic acids is 1. The van der Waals surface area contributed by atoms with E-state index in [1.54, 1.807) is 18.2 Å². The predicted octanol–water partition coefficient (Wildman–Crippen LogP) is 3.33. The van der Waals surface area contributed by atoms with E-state index in [9.17, 15) is 17.6 Å². The Bertz CT molecular complexity index is 965. The second-order valence-corrected chi connectivity index (χ2v) is 9.17. The second-order valence-electron chi connectivity index (χ2n) is 7.60. The first-order chi connectivity index (χ1) is 12.0. The highest BCUT2D eigenvalue weighted by molar-refractivity contribution is 7.89. The quantitative estimate of drug-likeness (QED) is 0.871. The van der Waals surface area contributed by atoms with Crippen LogP contribution in [0.3, 0.4) is 0 Å². The number of sulfonamides is 1. The van der Waals surface area contributed by atoms with E-state index in [0.29, 0.717) is 5.56 Å². The van der Waals surface area contributed by atoms with Crippen molar-refractivity contribution in [3.63, 3.8) is 0 Å². The molecule has 1 fully saturated rings. The lowest BCUT2D eigenvalue weighted by Gasteiger charge is -2.06. The molecule has 2 N–H and O–H groups in total. The Hall–Kier alpha value is -2.05. The number of nitrogens with two attached hydrogens (primary N) is 1. The summed E-state index contributed by atoms with van der Waals surface area (Å²) in [6.07, 6.45) is 0.198. The van der Waals surface area contributed by atoms with Crippen LogP contribution in [0.2, 0.25) is 0 Å². The lowest BCUT2D eigenvalue weighted by Crippen LogP contribution is -2.12. The van der Waals surface area contributed by atoms with Crippen molar-refractivity contribution in [1.29, 1.82) is 0 Å². The minimum atomic E-state index is -3.74. The Labute approximate surface area is 153 Å². The summed E-state index contributed by atoms with van der Waals surface area (Å²) in [5, 5.41) is 5.13. The van der Waals surface area contributed by atoms with Gasteiger partial charge in [-0.1, -0.05) is 32.0 Å². The van der Waals surface area contributed by atoms with Crippen LogP contribution in [0.25, 0.3) is 0 Å².